The minimum Gasteiger partial charge on any atom is -0.490 e. The number of thioether (sulfide) groups is 1. The lowest BCUT2D eigenvalue weighted by molar-refractivity contribution is 0.297. The Morgan fingerprint density at radius 1 is 1.29 bits per heavy atom. The summed E-state index contributed by atoms with van der Waals surface area (Å²) < 4.78 is 11.2. The van der Waals surface area contributed by atoms with Crippen molar-refractivity contribution in [3.8, 4) is 11.5 Å². The zero-order chi connectivity index (χ0) is 12.1. The quantitative estimate of drug-likeness (QED) is 0.513. The Bertz CT molecular complexity index is 404. The van der Waals surface area contributed by atoms with Crippen molar-refractivity contribution in [3.05, 3.63) is 30.4 Å². The molecule has 0 bridgehead atoms. The number of ether oxygens (including phenoxy) is 2. The lowest BCUT2D eigenvalue weighted by Crippen LogP contribution is -1.97. The van der Waals surface area contributed by atoms with Crippen molar-refractivity contribution in [1.82, 2.24) is 0 Å². The summed E-state index contributed by atoms with van der Waals surface area (Å²) in [4.78, 5) is 1.18. The summed E-state index contributed by atoms with van der Waals surface area (Å²) in [6.07, 6.45) is 0.938. The predicted octanol–water partition coefficient (Wildman–Crippen LogP) is 3.43. The Balaban J connectivity index is 2.04. The molecular weight excluding hydrogens is 252 g/mol. The molecule has 0 saturated heterocycles. The normalized spacial score (nSPS) is 14.2. The second-order valence-electron chi connectivity index (χ2n) is 3.86. The van der Waals surface area contributed by atoms with Crippen LogP contribution >= 0.6 is 24.4 Å². The van der Waals surface area contributed by atoms with Crippen LogP contribution in [0.1, 0.15) is 6.42 Å². The molecular formula is C13H16O2S2. The number of fused-ring (bicyclic) bond motifs is 1. The van der Waals surface area contributed by atoms with Gasteiger partial charge in [0.2, 0.25) is 0 Å². The van der Waals surface area contributed by atoms with Crippen LogP contribution in [-0.2, 0) is 0 Å². The van der Waals surface area contributed by atoms with Crippen molar-refractivity contribution in [3.63, 3.8) is 0 Å². The highest BCUT2D eigenvalue weighted by Gasteiger charge is 2.10. The molecule has 0 radical (unpaired) electrons. The van der Waals surface area contributed by atoms with Gasteiger partial charge in [-0.15, -0.1) is 11.8 Å². The van der Waals surface area contributed by atoms with Gasteiger partial charge in [-0.1, -0.05) is 12.2 Å². The van der Waals surface area contributed by atoms with Gasteiger partial charge in [-0.3, -0.25) is 0 Å². The number of hydrogen-bond acceptors (Lipinski definition) is 4. The third kappa shape index (κ3) is 3.61. The zero-order valence-corrected chi connectivity index (χ0v) is 11.4. The fraction of sp³-hybridized carbons (Fsp3) is 0.385. The van der Waals surface area contributed by atoms with Crippen molar-refractivity contribution in [2.24, 2.45) is 0 Å². The van der Waals surface area contributed by atoms with Gasteiger partial charge >= 0.3 is 0 Å². The molecule has 0 fully saturated rings. The summed E-state index contributed by atoms with van der Waals surface area (Å²) >= 11 is 5.95. The van der Waals surface area contributed by atoms with E-state index in [9.17, 15) is 0 Å². The maximum atomic E-state index is 5.65. The molecule has 0 N–H and O–H groups in total. The summed E-state index contributed by atoms with van der Waals surface area (Å²) in [6, 6.07) is 6.08. The van der Waals surface area contributed by atoms with E-state index < -0.39 is 0 Å². The Morgan fingerprint density at radius 3 is 2.82 bits per heavy atom. The minimum absolute atomic E-state index is 0.727. The highest BCUT2D eigenvalue weighted by Crippen LogP contribution is 2.34. The summed E-state index contributed by atoms with van der Waals surface area (Å²) in [5.74, 6) is 3.32. The van der Waals surface area contributed by atoms with Crippen LogP contribution in [0.25, 0.3) is 0 Å². The topological polar surface area (TPSA) is 18.5 Å². The molecule has 4 heteroatoms. The molecule has 0 spiro atoms. The fourth-order valence-corrected chi connectivity index (χ4v) is 2.56. The molecule has 1 heterocycles. The first-order valence-corrected chi connectivity index (χ1v) is 7.21. The molecule has 1 aromatic carbocycles. The fourth-order valence-electron chi connectivity index (χ4n) is 1.46. The van der Waals surface area contributed by atoms with E-state index in [2.05, 4.69) is 25.3 Å². The smallest absolute Gasteiger partial charge is 0.162 e. The van der Waals surface area contributed by atoms with Crippen molar-refractivity contribution in [2.45, 2.75) is 11.3 Å². The predicted molar refractivity (Wildman–Crippen MR) is 75.8 cm³/mol. The Hall–Kier alpha value is -0.740. The number of rotatable bonds is 4. The minimum atomic E-state index is 0.727. The van der Waals surface area contributed by atoms with Crippen LogP contribution in [0.5, 0.6) is 11.5 Å². The van der Waals surface area contributed by atoms with Gasteiger partial charge < -0.3 is 9.47 Å². The van der Waals surface area contributed by atoms with E-state index in [0.29, 0.717) is 0 Å². The van der Waals surface area contributed by atoms with Crippen molar-refractivity contribution < 1.29 is 9.47 Å². The van der Waals surface area contributed by atoms with Crippen LogP contribution in [0.3, 0.4) is 0 Å². The molecule has 0 saturated carbocycles. The Labute approximate surface area is 112 Å². The van der Waals surface area contributed by atoms with Crippen LogP contribution in [-0.4, -0.2) is 24.7 Å². The van der Waals surface area contributed by atoms with Crippen LogP contribution < -0.4 is 9.47 Å². The second-order valence-corrected chi connectivity index (χ2v) is 5.22. The number of hydrogen-bond donors (Lipinski definition) is 1. The van der Waals surface area contributed by atoms with Gasteiger partial charge in [0.05, 0.1) is 13.2 Å². The summed E-state index contributed by atoms with van der Waals surface area (Å²) in [5.41, 5.74) is 1.13. The lowest BCUT2D eigenvalue weighted by Gasteiger charge is -2.09. The van der Waals surface area contributed by atoms with Gasteiger partial charge in [-0.25, -0.2) is 0 Å². The molecule has 2 nitrogen and oxygen atoms in total. The van der Waals surface area contributed by atoms with Gasteiger partial charge in [0.1, 0.15) is 0 Å². The average molecular weight is 268 g/mol. The first-order valence-electron chi connectivity index (χ1n) is 5.59. The van der Waals surface area contributed by atoms with E-state index in [1.807, 2.05) is 12.1 Å². The first-order chi connectivity index (χ1) is 8.29. The monoisotopic (exact) mass is 268 g/mol. The average Bonchev–Trinajstić information content (AvgIpc) is 2.60. The van der Waals surface area contributed by atoms with Crippen LogP contribution in [0.4, 0.5) is 0 Å². The molecule has 0 unspecified atom stereocenters. The summed E-state index contributed by atoms with van der Waals surface area (Å²) in [5, 5.41) is 0. The molecule has 0 atom stereocenters. The van der Waals surface area contributed by atoms with Gasteiger partial charge in [0.15, 0.2) is 11.5 Å². The summed E-state index contributed by atoms with van der Waals surface area (Å²) in [6.45, 7) is 5.40. The largest absolute Gasteiger partial charge is 0.490 e. The van der Waals surface area contributed by atoms with Gasteiger partial charge in [-0.05, 0) is 18.2 Å². The van der Waals surface area contributed by atoms with Crippen LogP contribution in [0.2, 0.25) is 0 Å². The molecule has 0 amide bonds. The van der Waals surface area contributed by atoms with E-state index >= 15 is 0 Å². The lowest BCUT2D eigenvalue weighted by atomic mass is 10.3. The van der Waals surface area contributed by atoms with Crippen LogP contribution in [0, 0.1) is 0 Å². The van der Waals surface area contributed by atoms with Gasteiger partial charge in [-0.2, -0.15) is 12.6 Å². The molecule has 1 aliphatic heterocycles. The number of benzene rings is 1. The molecule has 1 aliphatic rings. The molecule has 2 rings (SSSR count). The van der Waals surface area contributed by atoms with E-state index in [-0.39, 0.29) is 0 Å². The summed E-state index contributed by atoms with van der Waals surface area (Å²) in [7, 11) is 0. The van der Waals surface area contributed by atoms with Gasteiger partial charge in [0, 0.05) is 22.8 Å². The Morgan fingerprint density at radius 2 is 2.06 bits per heavy atom. The molecule has 0 aliphatic carbocycles. The van der Waals surface area contributed by atoms with Crippen molar-refractivity contribution >= 4 is 24.4 Å². The molecule has 17 heavy (non-hydrogen) atoms. The van der Waals surface area contributed by atoms with E-state index in [4.69, 9.17) is 9.47 Å². The van der Waals surface area contributed by atoms with Gasteiger partial charge in [0.25, 0.3) is 0 Å². The van der Waals surface area contributed by atoms with E-state index in [1.165, 1.54) is 4.90 Å². The second kappa shape index (κ2) is 6.26. The molecule has 1 aromatic rings. The Kier molecular flexibility index (Phi) is 4.68. The third-order valence-electron chi connectivity index (χ3n) is 2.39. The van der Waals surface area contributed by atoms with E-state index in [1.54, 1.807) is 11.8 Å². The van der Waals surface area contributed by atoms with Crippen molar-refractivity contribution in [2.75, 3.05) is 24.7 Å². The number of thiol groups is 1. The SMILES string of the molecule is C=C(CS)CSc1ccc2c(c1)OCCCO2. The zero-order valence-electron chi connectivity index (χ0n) is 9.65. The first kappa shape index (κ1) is 12.7. The third-order valence-corrected chi connectivity index (χ3v) is 3.97. The van der Waals surface area contributed by atoms with Crippen molar-refractivity contribution in [1.29, 1.82) is 0 Å². The standard InChI is InChI=1S/C13H16O2S2/c1-10(8-16)9-17-11-3-4-12-13(7-11)15-6-2-5-14-12/h3-4,7,16H,1-2,5-6,8-9H2. The molecule has 92 valence electrons. The maximum absolute atomic E-state index is 5.65. The highest BCUT2D eigenvalue weighted by atomic mass is 32.2. The van der Waals surface area contributed by atoms with Crippen LogP contribution in [0.15, 0.2) is 35.2 Å². The molecule has 0 aromatic heterocycles. The maximum Gasteiger partial charge on any atom is 0.162 e. The van der Waals surface area contributed by atoms with E-state index in [0.717, 1.165) is 48.2 Å². The highest BCUT2D eigenvalue weighted by molar-refractivity contribution is 7.99.